The monoisotopic (exact) mass is 221 g/mol. The summed E-state index contributed by atoms with van der Waals surface area (Å²) in [5.74, 6) is 0.0116. The van der Waals surface area contributed by atoms with Crippen molar-refractivity contribution in [3.05, 3.63) is 35.9 Å². The van der Waals surface area contributed by atoms with Crippen molar-refractivity contribution < 1.29 is 9.80 Å². The number of rotatable bonds is 6. The van der Waals surface area contributed by atoms with Gasteiger partial charge in [0.25, 0.3) is 5.91 Å². The fourth-order valence-corrected chi connectivity index (χ4v) is 1.68. The summed E-state index contributed by atoms with van der Waals surface area (Å²) in [6, 6.07) is 9.36. The smallest absolute Gasteiger partial charge is 0.264 e. The van der Waals surface area contributed by atoms with E-state index in [0.29, 0.717) is 0 Å². The van der Waals surface area contributed by atoms with Gasteiger partial charge in [0.1, 0.15) is 0 Å². The molecule has 0 aliphatic rings. The van der Waals surface area contributed by atoms with Gasteiger partial charge in [-0.25, -0.2) is 5.01 Å². The zero-order valence-corrected chi connectivity index (χ0v) is 10.1. The van der Waals surface area contributed by atoms with E-state index in [9.17, 15) is 4.79 Å². The number of carbonyl (C=O) groups is 1. The van der Waals surface area contributed by atoms with Gasteiger partial charge in [-0.15, -0.1) is 0 Å². The molecule has 3 heteroatoms. The summed E-state index contributed by atoms with van der Waals surface area (Å²) in [5, 5.41) is 1.15. The lowest BCUT2D eigenvalue weighted by Gasteiger charge is -2.18. The minimum atomic E-state index is 0.0116. The van der Waals surface area contributed by atoms with Crippen molar-refractivity contribution >= 4 is 5.91 Å². The lowest BCUT2D eigenvalue weighted by atomic mass is 10.2. The van der Waals surface area contributed by atoms with Crippen LogP contribution in [0.25, 0.3) is 0 Å². The Bertz CT molecular complexity index is 305. The summed E-state index contributed by atoms with van der Waals surface area (Å²) in [7, 11) is 0. The van der Waals surface area contributed by atoms with Crippen molar-refractivity contribution in [2.45, 2.75) is 26.7 Å². The molecule has 0 saturated heterocycles. The summed E-state index contributed by atoms with van der Waals surface area (Å²) in [4.78, 5) is 11.9. The van der Waals surface area contributed by atoms with Crippen molar-refractivity contribution in [2.24, 2.45) is 0 Å². The summed E-state index contributed by atoms with van der Waals surface area (Å²) in [5.41, 5.74) is 3.74. The number of hydrogen-bond acceptors (Lipinski definition) is 1. The van der Waals surface area contributed by atoms with Gasteiger partial charge in [0.05, 0.1) is 13.1 Å². The van der Waals surface area contributed by atoms with E-state index in [1.165, 1.54) is 0 Å². The molecule has 0 aromatic heterocycles. The number of hydrogen-bond donors (Lipinski definition) is 2. The first-order valence-corrected chi connectivity index (χ1v) is 5.99. The van der Waals surface area contributed by atoms with Crippen LogP contribution in [0.4, 0.5) is 0 Å². The Kier molecular flexibility index (Phi) is 5.57. The van der Waals surface area contributed by atoms with E-state index in [1.54, 1.807) is 0 Å². The molecule has 88 valence electrons. The third kappa shape index (κ3) is 4.03. The number of quaternary nitrogens is 1. The fourth-order valence-electron chi connectivity index (χ4n) is 1.68. The van der Waals surface area contributed by atoms with Crippen LogP contribution in [-0.4, -0.2) is 19.0 Å². The van der Waals surface area contributed by atoms with Crippen LogP contribution in [0.2, 0.25) is 0 Å². The van der Waals surface area contributed by atoms with Crippen molar-refractivity contribution in [1.82, 2.24) is 5.43 Å². The molecule has 1 aromatic carbocycles. The van der Waals surface area contributed by atoms with Gasteiger partial charge < -0.3 is 0 Å². The van der Waals surface area contributed by atoms with Crippen LogP contribution in [0.5, 0.6) is 0 Å². The van der Waals surface area contributed by atoms with Crippen molar-refractivity contribution in [3.8, 4) is 0 Å². The van der Waals surface area contributed by atoms with Crippen LogP contribution in [0, 0.1) is 0 Å². The van der Waals surface area contributed by atoms with E-state index in [4.69, 9.17) is 0 Å². The molecule has 0 spiro atoms. The van der Waals surface area contributed by atoms with Crippen LogP contribution < -0.4 is 10.4 Å². The highest BCUT2D eigenvalue weighted by atomic mass is 16.2. The van der Waals surface area contributed by atoms with Gasteiger partial charge in [0, 0.05) is 5.56 Å². The zero-order valence-electron chi connectivity index (χ0n) is 10.1. The van der Waals surface area contributed by atoms with Crippen LogP contribution in [0.15, 0.2) is 30.3 Å². The van der Waals surface area contributed by atoms with Gasteiger partial charge in [-0.05, 0) is 25.0 Å². The lowest BCUT2D eigenvalue weighted by molar-refractivity contribution is -0.935. The molecule has 0 bridgehead atoms. The highest BCUT2D eigenvalue weighted by molar-refractivity contribution is 5.93. The van der Waals surface area contributed by atoms with Gasteiger partial charge in [0.15, 0.2) is 0 Å². The second-order valence-corrected chi connectivity index (χ2v) is 3.92. The molecule has 2 N–H and O–H groups in total. The Morgan fingerprint density at radius 3 is 2.19 bits per heavy atom. The third-order valence-electron chi connectivity index (χ3n) is 2.43. The Morgan fingerprint density at radius 1 is 1.12 bits per heavy atom. The Labute approximate surface area is 97.4 Å². The molecular weight excluding hydrogens is 200 g/mol. The van der Waals surface area contributed by atoms with Gasteiger partial charge in [-0.3, -0.25) is 4.79 Å². The maximum Gasteiger partial charge on any atom is 0.295 e. The molecule has 3 nitrogen and oxygen atoms in total. The Balaban J connectivity index is 2.54. The summed E-state index contributed by atoms with van der Waals surface area (Å²) in [6.45, 7) is 6.22. The molecule has 0 radical (unpaired) electrons. The molecular formula is C13H21N2O+. The highest BCUT2D eigenvalue weighted by Crippen LogP contribution is 1.96. The standard InChI is InChI=1S/C13H20N2O/c1-3-10-15(11-4-2)14-13(16)12-8-6-5-7-9-12/h5-9H,3-4,10-11H2,1-2H3,(H,14,16)/p+1. The fraction of sp³-hybridized carbons (Fsp3) is 0.462. The van der Waals surface area contributed by atoms with Crippen LogP contribution in [-0.2, 0) is 0 Å². The predicted octanol–water partition coefficient (Wildman–Crippen LogP) is 1.04. The van der Waals surface area contributed by atoms with Gasteiger partial charge in [-0.2, -0.15) is 5.43 Å². The van der Waals surface area contributed by atoms with Crippen molar-refractivity contribution in [2.75, 3.05) is 13.1 Å². The van der Waals surface area contributed by atoms with Gasteiger partial charge >= 0.3 is 0 Å². The van der Waals surface area contributed by atoms with E-state index >= 15 is 0 Å². The molecule has 0 saturated carbocycles. The SMILES string of the molecule is CCC[NH+](CCC)NC(=O)c1ccccc1. The lowest BCUT2D eigenvalue weighted by Crippen LogP contribution is -3.19. The zero-order chi connectivity index (χ0) is 11.8. The molecule has 16 heavy (non-hydrogen) atoms. The maximum atomic E-state index is 11.9. The van der Waals surface area contributed by atoms with E-state index in [1.807, 2.05) is 30.3 Å². The first-order chi connectivity index (χ1) is 7.77. The molecule has 0 aliphatic heterocycles. The molecule has 0 heterocycles. The molecule has 1 aromatic rings. The molecule has 1 rings (SSSR count). The maximum absolute atomic E-state index is 11.9. The van der Waals surface area contributed by atoms with E-state index in [0.717, 1.165) is 36.5 Å². The molecule has 0 fully saturated rings. The van der Waals surface area contributed by atoms with Crippen molar-refractivity contribution in [3.63, 3.8) is 0 Å². The third-order valence-corrected chi connectivity index (χ3v) is 2.43. The molecule has 0 unspecified atom stereocenters. The normalized spacial score (nSPS) is 10.4. The van der Waals surface area contributed by atoms with E-state index in [2.05, 4.69) is 19.3 Å². The summed E-state index contributed by atoms with van der Waals surface area (Å²) in [6.07, 6.45) is 2.15. The minimum Gasteiger partial charge on any atom is -0.264 e. The first kappa shape index (κ1) is 12.7. The Hall–Kier alpha value is -1.35. The van der Waals surface area contributed by atoms with Gasteiger partial charge in [0.2, 0.25) is 0 Å². The second-order valence-electron chi connectivity index (χ2n) is 3.92. The van der Waals surface area contributed by atoms with E-state index in [-0.39, 0.29) is 5.91 Å². The van der Waals surface area contributed by atoms with E-state index < -0.39 is 0 Å². The average molecular weight is 221 g/mol. The predicted molar refractivity (Wildman–Crippen MR) is 65.2 cm³/mol. The Morgan fingerprint density at radius 2 is 1.69 bits per heavy atom. The topological polar surface area (TPSA) is 33.5 Å². The average Bonchev–Trinajstić information content (AvgIpc) is 2.31. The quantitative estimate of drug-likeness (QED) is 0.691. The van der Waals surface area contributed by atoms with Crippen LogP contribution in [0.3, 0.4) is 0 Å². The largest absolute Gasteiger partial charge is 0.295 e. The number of benzene rings is 1. The van der Waals surface area contributed by atoms with Crippen LogP contribution >= 0.6 is 0 Å². The second kappa shape index (κ2) is 7.01. The highest BCUT2D eigenvalue weighted by Gasteiger charge is 2.12. The molecule has 0 aliphatic carbocycles. The first-order valence-electron chi connectivity index (χ1n) is 5.99. The molecule has 0 atom stereocenters. The van der Waals surface area contributed by atoms with Gasteiger partial charge in [-0.1, -0.05) is 32.0 Å². The minimum absolute atomic E-state index is 0.0116. The van der Waals surface area contributed by atoms with Crippen molar-refractivity contribution in [1.29, 1.82) is 0 Å². The van der Waals surface area contributed by atoms with Crippen LogP contribution in [0.1, 0.15) is 37.0 Å². The number of carbonyl (C=O) groups excluding carboxylic acids is 1. The molecule has 1 amide bonds. The number of amides is 1. The number of nitrogens with one attached hydrogen (secondary N) is 2. The summed E-state index contributed by atoms with van der Waals surface area (Å²) < 4.78 is 0. The summed E-state index contributed by atoms with van der Waals surface area (Å²) >= 11 is 0.